The molecule has 26 N–H and O–H groups in total. The number of carboxylic acid groups (broad SMARTS) is 2. The summed E-state index contributed by atoms with van der Waals surface area (Å²) in [6.45, 7) is 3.71. The van der Waals surface area contributed by atoms with Gasteiger partial charge < -0.3 is 127 Å². The number of amides is 12. The van der Waals surface area contributed by atoms with E-state index in [-0.39, 0.29) is 217 Å². The zero-order valence-corrected chi connectivity index (χ0v) is 73.6. The van der Waals surface area contributed by atoms with E-state index in [4.69, 9.17) is 47.7 Å². The van der Waals surface area contributed by atoms with Crippen LogP contribution in [0.1, 0.15) is 154 Å². The summed E-state index contributed by atoms with van der Waals surface area (Å²) < 4.78 is 6.05. The number of guanidine groups is 1. The molecule has 135 heavy (non-hydrogen) atoms. The number of carbonyl (C=O) groups is 14. The third kappa shape index (κ3) is 24.4. The van der Waals surface area contributed by atoms with Crippen molar-refractivity contribution in [3.05, 3.63) is 177 Å². The van der Waals surface area contributed by atoms with Crippen LogP contribution in [-0.2, 0) is 56.2 Å². The molecule has 7 aromatic rings. The smallest absolute Gasteiger partial charge is 0.336 e. The third-order valence-corrected chi connectivity index (χ3v) is 23.8. The van der Waals surface area contributed by atoms with Gasteiger partial charge in [0.15, 0.2) is 11.4 Å². The Labute approximate surface area is 771 Å². The molecule has 13 rings (SSSR count). The van der Waals surface area contributed by atoms with Crippen LogP contribution in [0.2, 0.25) is 0 Å². The molecule has 0 spiro atoms. The molecule has 0 radical (unpaired) electrons. The zero-order valence-electron chi connectivity index (χ0n) is 73.6. The van der Waals surface area contributed by atoms with Crippen molar-refractivity contribution in [2.75, 3.05) is 99.4 Å². The van der Waals surface area contributed by atoms with Gasteiger partial charge >= 0.3 is 11.9 Å². The summed E-state index contributed by atoms with van der Waals surface area (Å²) in [6.07, 6.45) is 1.70. The predicted molar refractivity (Wildman–Crippen MR) is 499 cm³/mol. The summed E-state index contributed by atoms with van der Waals surface area (Å²) in [5.74, 6) is -12.7. The minimum Gasteiger partial charge on any atom is -0.508 e. The topological polar surface area (TPSA) is 671 Å². The van der Waals surface area contributed by atoms with Crippen LogP contribution in [-0.4, -0.2) is 196 Å². The Morgan fingerprint density at radius 2 is 1.07 bits per heavy atom. The van der Waals surface area contributed by atoms with E-state index in [1.54, 1.807) is 37.3 Å². The van der Waals surface area contributed by atoms with Crippen LogP contribution in [0, 0.1) is 23.2 Å². The molecule has 12 amide bonds. The number of aromatic nitrogens is 3. The minimum atomic E-state index is -1.49. The van der Waals surface area contributed by atoms with Gasteiger partial charge in [-0.2, -0.15) is 15.0 Å². The van der Waals surface area contributed by atoms with Crippen LogP contribution in [0.3, 0.4) is 0 Å². The second kappa shape index (κ2) is 43.6. The van der Waals surface area contributed by atoms with E-state index in [0.29, 0.717) is 46.9 Å². The molecule has 0 unspecified atom stereocenters. The maximum absolute atomic E-state index is 14.6. The number of hydrogen-bond acceptors (Lipinski definition) is 27. The van der Waals surface area contributed by atoms with Gasteiger partial charge in [-0.15, -0.1) is 0 Å². The minimum absolute atomic E-state index is 0.00273. The Bertz CT molecular complexity index is 6170. The van der Waals surface area contributed by atoms with Gasteiger partial charge in [0.05, 0.1) is 29.8 Å². The van der Waals surface area contributed by atoms with E-state index >= 15 is 0 Å². The normalized spacial score (nSPS) is 17.1. The lowest BCUT2D eigenvalue weighted by Crippen LogP contribution is -2.55. The highest BCUT2D eigenvalue weighted by molar-refractivity contribution is 6.11. The predicted octanol–water partition coefficient (Wildman–Crippen LogP) is 4.64. The highest BCUT2D eigenvalue weighted by Gasteiger charge is 2.37. The Balaban J connectivity index is 0.695. The van der Waals surface area contributed by atoms with Crippen LogP contribution in [0.4, 0.5) is 57.7 Å². The van der Waals surface area contributed by atoms with E-state index < -0.39 is 151 Å². The monoisotopic (exact) mass is 1850 g/mol. The van der Waals surface area contributed by atoms with Crippen molar-refractivity contribution >= 4 is 157 Å². The maximum atomic E-state index is 14.6. The number of carboxylic acids is 2. The van der Waals surface area contributed by atoms with Gasteiger partial charge in [0.25, 0.3) is 11.8 Å². The molecule has 43 nitrogen and oxygen atoms in total. The molecule has 0 bridgehead atoms. The van der Waals surface area contributed by atoms with Gasteiger partial charge in [-0.05, 0) is 190 Å². The largest absolute Gasteiger partial charge is 0.508 e. The number of benzene rings is 7. The number of fused-ring (bicyclic) bond motifs is 6. The van der Waals surface area contributed by atoms with Crippen LogP contribution >= 0.6 is 0 Å². The molecule has 43 heteroatoms. The molecule has 2 saturated heterocycles. The summed E-state index contributed by atoms with van der Waals surface area (Å²) in [5.41, 5.74) is 25.3. The van der Waals surface area contributed by atoms with Gasteiger partial charge in [0, 0.05) is 144 Å². The maximum Gasteiger partial charge on any atom is 0.336 e. The van der Waals surface area contributed by atoms with Crippen molar-refractivity contribution in [3.8, 4) is 28.2 Å². The van der Waals surface area contributed by atoms with Crippen LogP contribution < -0.4 is 113 Å². The number of nitrogens with two attached hydrogens (primary N) is 4. The molecule has 5 aliphatic heterocycles. The van der Waals surface area contributed by atoms with E-state index in [9.17, 15) is 87.2 Å². The van der Waals surface area contributed by atoms with E-state index in [1.165, 1.54) is 97.1 Å². The Hall–Kier alpha value is -16.4. The lowest BCUT2D eigenvalue weighted by atomic mass is 9.90. The van der Waals surface area contributed by atoms with Gasteiger partial charge in [-0.1, -0.05) is 38.5 Å². The number of phenolic OH excluding ortho intramolecular Hbond substituents is 1. The molecule has 6 aromatic carbocycles. The quantitative estimate of drug-likeness (QED) is 0.0131. The lowest BCUT2D eigenvalue weighted by Gasteiger charge is -2.34. The first kappa shape index (κ1) is 96.2. The van der Waals surface area contributed by atoms with Crippen LogP contribution in [0.25, 0.3) is 33.4 Å². The fraction of sp³-hybridized carbons (Fsp3) is 0.337. The first-order valence-electron chi connectivity index (χ1n) is 43.9. The molecule has 1 aromatic heterocycles. The number of nitrogens with zero attached hydrogens (tertiary/aromatic N) is 5. The average molecular weight is 1850 g/mol. The number of hydrogen-bond donors (Lipinski definition) is 22. The van der Waals surface area contributed by atoms with E-state index in [1.807, 2.05) is 16.7 Å². The van der Waals surface area contributed by atoms with E-state index in [0.717, 1.165) is 0 Å². The molecule has 6 heterocycles. The number of aromatic carboxylic acids is 1. The number of primary amides is 2. The van der Waals surface area contributed by atoms with Gasteiger partial charge in [0.2, 0.25) is 76.9 Å². The van der Waals surface area contributed by atoms with Crippen LogP contribution in [0.15, 0.2) is 137 Å². The number of phenols is 1. The molecule has 706 valence electrons. The van der Waals surface area contributed by atoms with Crippen molar-refractivity contribution in [1.29, 1.82) is 5.41 Å². The second-order valence-electron chi connectivity index (χ2n) is 33.2. The number of nitrogens with one attached hydrogen (secondary N) is 15. The van der Waals surface area contributed by atoms with Gasteiger partial charge in [-0.3, -0.25) is 72.5 Å². The standard InChI is InChI=1S/C92H104N24O19/c1-3-46(2)77-87(132)108-67(8-6-30-98-89(96)97)85(130)110-70-36-50(79(95)124)10-12-52(70)43-100-65-22-15-54(39-63(65)83(128)111-77)104-74(120)45-102-81(126)48-27-33-116(34-28-48)92-113-90(105-55-13-18-58(61(37-55)88(133)134)76-59-19-16-56(117)40-71(59)135-72-41-57(118)17-20-60(72)76)112-91(114-92)115-31-25-47(26-32-115)80(125)101-44-73(119)103-53-14-21-64-62(38-53)82(127)106-68(23-24-75(121)122)86(131)107-66(7-4-5-29-93)84(129)109-69-35-49(78(94)123)9-11-51(69)42-99-64/h9-22,35-41,46-48,66-68,77,99-100,117H,3-8,23-34,42-45,93H2,1-2H3,(H2,94,123)(H2,95,124)(H,101,125)(H,102,126)(H,103,119)(H,104,120)(H,106,127)(H,107,131)(H,108,132)(H,109,129)(H,110,130)(H,111,128)(H,121,122)(H,133,134)(H4,96,97,98)(H,105,112,113,114)/t46-,66-,67-,68-,77-/m0/s1. The van der Waals surface area contributed by atoms with Crippen molar-refractivity contribution in [3.63, 3.8) is 0 Å². The number of carbonyl (C=O) groups excluding carboxylic acids is 12. The SMILES string of the molecule is CC[C@H](C)[C@@H]1NC(=O)c2cc(NC(=O)CNC(=O)C3CCN(c4nc(Nc5ccc(-c6c7ccc(=O)cc-7oc7cc(O)ccc67)c(C(=O)O)c5)nc(N5CCC(C(=O)NCC(=O)Nc6ccc7c(c6)C(=O)N[C@@H](CCC(=O)O)C(=O)N[C@@H](CCCCN)C(=O)Nc6cc(C(N)=O)ccc6CN7)CC5)n4)CC3)ccc2NCc2ccc(C(N)=O)cc2NC(=O)[C@H](CCCNC(=N)N)NC1=O. The van der Waals surface area contributed by atoms with Crippen molar-refractivity contribution in [1.82, 2.24) is 52.2 Å². The fourth-order valence-electron chi connectivity index (χ4n) is 16.2. The van der Waals surface area contributed by atoms with Crippen molar-refractivity contribution < 1.29 is 86.9 Å². The Morgan fingerprint density at radius 1 is 0.541 bits per heavy atom. The summed E-state index contributed by atoms with van der Waals surface area (Å²) in [6, 6.07) is 25.4. The lowest BCUT2D eigenvalue weighted by molar-refractivity contribution is -0.137. The molecule has 6 aliphatic rings. The highest BCUT2D eigenvalue weighted by atomic mass is 16.4. The summed E-state index contributed by atoms with van der Waals surface area (Å²) in [7, 11) is 0. The number of aliphatic carboxylic acids is 1. The molecule has 2 fully saturated rings. The molecule has 0 saturated carbocycles. The Kier molecular flexibility index (Phi) is 31.0. The van der Waals surface area contributed by atoms with Crippen molar-refractivity contribution in [2.45, 2.75) is 128 Å². The second-order valence-corrected chi connectivity index (χ2v) is 33.2. The molecule has 5 atom stereocenters. The number of anilines is 10. The summed E-state index contributed by atoms with van der Waals surface area (Å²) in [4.78, 5) is 222. The number of aromatic hydroxyl groups is 1. The first-order valence-corrected chi connectivity index (χ1v) is 43.9. The number of rotatable bonds is 29. The molecule has 1 aliphatic carbocycles. The molecular formula is C92H104N24O19. The fourth-order valence-corrected chi connectivity index (χ4v) is 16.2. The summed E-state index contributed by atoms with van der Waals surface area (Å²) >= 11 is 0. The average Bonchev–Trinajstić information content (AvgIpc) is 0.744. The van der Waals surface area contributed by atoms with Gasteiger partial charge in [0.1, 0.15) is 41.3 Å². The highest BCUT2D eigenvalue weighted by Crippen LogP contribution is 2.43. The van der Waals surface area contributed by atoms with E-state index in [2.05, 4.69) is 74.4 Å². The van der Waals surface area contributed by atoms with Gasteiger partial charge in [-0.25, -0.2) is 4.79 Å². The zero-order chi connectivity index (χ0) is 96.4. The summed E-state index contributed by atoms with van der Waals surface area (Å²) in [5, 5.41) is 78.7. The number of unbranched alkanes of at least 4 members (excludes halogenated alkanes) is 1. The number of piperidine rings is 2. The molecular weight excluding hydrogens is 1750 g/mol. The third-order valence-electron chi connectivity index (χ3n) is 23.8. The first-order chi connectivity index (χ1) is 64.7. The van der Waals surface area contributed by atoms with Crippen LogP contribution in [0.5, 0.6) is 5.75 Å². The Morgan fingerprint density at radius 3 is 1.59 bits per heavy atom. The van der Waals surface area contributed by atoms with Crippen molar-refractivity contribution in [2.24, 2.45) is 40.7 Å².